The molecule has 1 amide bonds. The lowest BCUT2D eigenvalue weighted by Gasteiger charge is -2.04. The van der Waals surface area contributed by atoms with Crippen LogP contribution in [0.5, 0.6) is 0 Å². The molecule has 22 heavy (non-hydrogen) atoms. The van der Waals surface area contributed by atoms with Gasteiger partial charge in [0.25, 0.3) is 5.91 Å². The molecule has 5 nitrogen and oxygen atoms in total. The van der Waals surface area contributed by atoms with E-state index in [1.54, 1.807) is 17.9 Å². The van der Waals surface area contributed by atoms with Crippen LogP contribution < -0.4 is 5.32 Å². The maximum Gasteiger partial charge on any atom is 0.270 e. The van der Waals surface area contributed by atoms with Gasteiger partial charge in [0.2, 0.25) is 0 Å². The molecular formula is C16H16N4OS. The summed E-state index contributed by atoms with van der Waals surface area (Å²) < 4.78 is 1.99. The van der Waals surface area contributed by atoms with E-state index in [1.807, 2.05) is 41.1 Å². The van der Waals surface area contributed by atoms with Crippen LogP contribution >= 0.6 is 11.3 Å². The summed E-state index contributed by atoms with van der Waals surface area (Å²) in [6.45, 7) is 1.46. The second-order valence-electron chi connectivity index (χ2n) is 4.81. The summed E-state index contributed by atoms with van der Waals surface area (Å²) in [7, 11) is 0. The van der Waals surface area contributed by atoms with Crippen molar-refractivity contribution in [2.45, 2.75) is 13.0 Å². The minimum atomic E-state index is -0.121. The van der Waals surface area contributed by atoms with Gasteiger partial charge in [-0.15, -0.1) is 11.3 Å². The molecule has 6 heteroatoms. The van der Waals surface area contributed by atoms with Crippen LogP contribution in [0.3, 0.4) is 0 Å². The van der Waals surface area contributed by atoms with Crippen molar-refractivity contribution in [1.82, 2.24) is 19.9 Å². The van der Waals surface area contributed by atoms with Gasteiger partial charge in [-0.3, -0.25) is 4.79 Å². The first-order valence-corrected chi connectivity index (χ1v) is 7.96. The van der Waals surface area contributed by atoms with E-state index in [9.17, 15) is 4.79 Å². The average Bonchev–Trinajstić information content (AvgIpc) is 3.24. The predicted octanol–water partition coefficient (Wildman–Crippen LogP) is 2.83. The standard InChI is InChI=1S/C16H16N4OS/c21-15(18-7-4-9-20-10-8-17-12-20)14-11-22-16(19-14)13-5-2-1-3-6-13/h1-3,5-6,8,10-12H,4,7,9H2,(H,18,21). The number of aryl methyl sites for hydroxylation is 1. The van der Waals surface area contributed by atoms with Gasteiger partial charge in [0.05, 0.1) is 6.33 Å². The minimum absolute atomic E-state index is 0.121. The molecule has 0 radical (unpaired) electrons. The van der Waals surface area contributed by atoms with E-state index in [0.717, 1.165) is 23.5 Å². The lowest BCUT2D eigenvalue weighted by Crippen LogP contribution is -2.25. The van der Waals surface area contributed by atoms with Crippen molar-refractivity contribution < 1.29 is 4.79 Å². The van der Waals surface area contributed by atoms with Crippen molar-refractivity contribution >= 4 is 17.2 Å². The normalized spacial score (nSPS) is 10.5. The predicted molar refractivity (Wildman–Crippen MR) is 86.7 cm³/mol. The van der Waals surface area contributed by atoms with Gasteiger partial charge in [-0.25, -0.2) is 9.97 Å². The van der Waals surface area contributed by atoms with Crippen LogP contribution in [0, 0.1) is 0 Å². The largest absolute Gasteiger partial charge is 0.351 e. The quantitative estimate of drug-likeness (QED) is 0.712. The number of hydrogen-bond acceptors (Lipinski definition) is 4. The highest BCUT2D eigenvalue weighted by atomic mass is 32.1. The molecule has 0 fully saturated rings. The van der Waals surface area contributed by atoms with Crippen molar-refractivity contribution in [2.24, 2.45) is 0 Å². The highest BCUT2D eigenvalue weighted by Gasteiger charge is 2.11. The lowest BCUT2D eigenvalue weighted by molar-refractivity contribution is 0.0948. The fourth-order valence-corrected chi connectivity index (χ4v) is 2.87. The summed E-state index contributed by atoms with van der Waals surface area (Å²) in [6.07, 6.45) is 6.29. The van der Waals surface area contributed by atoms with Gasteiger partial charge >= 0.3 is 0 Å². The summed E-state index contributed by atoms with van der Waals surface area (Å²) >= 11 is 1.48. The number of thiazole rings is 1. The molecular weight excluding hydrogens is 296 g/mol. The van der Waals surface area contributed by atoms with Gasteiger partial charge in [-0.2, -0.15) is 0 Å². The Kier molecular flexibility index (Phi) is 4.60. The first-order chi connectivity index (χ1) is 10.8. The monoisotopic (exact) mass is 312 g/mol. The first-order valence-electron chi connectivity index (χ1n) is 7.08. The molecule has 0 saturated carbocycles. The SMILES string of the molecule is O=C(NCCCn1ccnc1)c1csc(-c2ccccc2)n1. The average molecular weight is 312 g/mol. The summed E-state index contributed by atoms with van der Waals surface area (Å²) in [5.41, 5.74) is 1.51. The Morgan fingerprint density at radius 3 is 2.91 bits per heavy atom. The smallest absolute Gasteiger partial charge is 0.270 e. The minimum Gasteiger partial charge on any atom is -0.351 e. The highest BCUT2D eigenvalue weighted by molar-refractivity contribution is 7.13. The summed E-state index contributed by atoms with van der Waals surface area (Å²) in [6, 6.07) is 9.88. The summed E-state index contributed by atoms with van der Waals surface area (Å²) in [5, 5.41) is 5.56. The third-order valence-corrected chi connectivity index (χ3v) is 4.09. The number of hydrogen-bond donors (Lipinski definition) is 1. The Morgan fingerprint density at radius 1 is 1.27 bits per heavy atom. The molecule has 0 aliphatic heterocycles. The van der Waals surface area contributed by atoms with Crippen molar-refractivity contribution in [1.29, 1.82) is 0 Å². The molecule has 0 aliphatic rings. The molecule has 0 aliphatic carbocycles. The number of nitrogens with one attached hydrogen (secondary N) is 1. The van der Waals surface area contributed by atoms with Crippen LogP contribution in [-0.4, -0.2) is 27.0 Å². The van der Waals surface area contributed by atoms with Gasteiger partial charge in [-0.05, 0) is 6.42 Å². The number of carbonyl (C=O) groups is 1. The first kappa shape index (κ1) is 14.5. The van der Waals surface area contributed by atoms with E-state index in [1.165, 1.54) is 11.3 Å². The van der Waals surface area contributed by atoms with Crippen molar-refractivity contribution in [3.63, 3.8) is 0 Å². The zero-order valence-electron chi connectivity index (χ0n) is 12.0. The van der Waals surface area contributed by atoms with Crippen LogP contribution in [0.15, 0.2) is 54.4 Å². The number of benzene rings is 1. The molecule has 3 rings (SSSR count). The third-order valence-electron chi connectivity index (χ3n) is 3.20. The maximum absolute atomic E-state index is 12.1. The van der Waals surface area contributed by atoms with Crippen LogP contribution in [-0.2, 0) is 6.54 Å². The van der Waals surface area contributed by atoms with E-state index in [0.29, 0.717) is 12.2 Å². The Bertz CT molecular complexity index is 722. The molecule has 0 atom stereocenters. The zero-order chi connectivity index (χ0) is 15.2. The van der Waals surface area contributed by atoms with Gasteiger partial charge in [0.15, 0.2) is 0 Å². The fourth-order valence-electron chi connectivity index (χ4n) is 2.06. The second kappa shape index (κ2) is 7.00. The molecule has 0 spiro atoms. The summed E-state index contributed by atoms with van der Waals surface area (Å²) in [4.78, 5) is 20.4. The molecule has 0 bridgehead atoms. The van der Waals surface area contributed by atoms with Crippen molar-refractivity contribution in [3.05, 3.63) is 60.1 Å². The molecule has 1 N–H and O–H groups in total. The molecule has 2 heterocycles. The van der Waals surface area contributed by atoms with E-state index >= 15 is 0 Å². The Labute approximate surface area is 132 Å². The Balaban J connectivity index is 1.51. The molecule has 2 aromatic heterocycles. The fraction of sp³-hybridized carbons (Fsp3) is 0.188. The third kappa shape index (κ3) is 3.59. The molecule has 3 aromatic rings. The van der Waals surface area contributed by atoms with E-state index in [-0.39, 0.29) is 5.91 Å². The topological polar surface area (TPSA) is 59.8 Å². The zero-order valence-corrected chi connectivity index (χ0v) is 12.8. The number of amides is 1. The van der Waals surface area contributed by atoms with E-state index < -0.39 is 0 Å². The van der Waals surface area contributed by atoms with Crippen LogP contribution in [0.4, 0.5) is 0 Å². The number of nitrogens with zero attached hydrogens (tertiary/aromatic N) is 3. The number of rotatable bonds is 6. The summed E-state index contributed by atoms with van der Waals surface area (Å²) in [5.74, 6) is -0.121. The second-order valence-corrected chi connectivity index (χ2v) is 5.67. The van der Waals surface area contributed by atoms with Crippen LogP contribution in [0.25, 0.3) is 10.6 Å². The van der Waals surface area contributed by atoms with Gasteiger partial charge < -0.3 is 9.88 Å². The Morgan fingerprint density at radius 2 is 2.14 bits per heavy atom. The lowest BCUT2D eigenvalue weighted by atomic mass is 10.2. The molecule has 1 aromatic carbocycles. The van der Waals surface area contributed by atoms with Crippen molar-refractivity contribution in [2.75, 3.05) is 6.54 Å². The van der Waals surface area contributed by atoms with Gasteiger partial charge in [-0.1, -0.05) is 30.3 Å². The van der Waals surface area contributed by atoms with Crippen LogP contribution in [0.2, 0.25) is 0 Å². The number of aromatic nitrogens is 3. The van der Waals surface area contributed by atoms with Crippen LogP contribution in [0.1, 0.15) is 16.9 Å². The van der Waals surface area contributed by atoms with Gasteiger partial charge in [0, 0.05) is 36.4 Å². The number of imidazole rings is 1. The highest BCUT2D eigenvalue weighted by Crippen LogP contribution is 2.23. The number of carbonyl (C=O) groups excluding carboxylic acids is 1. The maximum atomic E-state index is 12.1. The molecule has 112 valence electrons. The van der Waals surface area contributed by atoms with E-state index in [2.05, 4.69) is 15.3 Å². The van der Waals surface area contributed by atoms with Crippen molar-refractivity contribution in [3.8, 4) is 10.6 Å². The van der Waals surface area contributed by atoms with E-state index in [4.69, 9.17) is 0 Å². The molecule has 0 saturated heterocycles. The van der Waals surface area contributed by atoms with Gasteiger partial charge in [0.1, 0.15) is 10.7 Å². The molecule has 0 unspecified atom stereocenters. The Hall–Kier alpha value is -2.47.